The Bertz CT molecular complexity index is 975. The van der Waals surface area contributed by atoms with Crippen molar-refractivity contribution in [3.8, 4) is 16.9 Å². The fourth-order valence-electron chi connectivity index (χ4n) is 3.23. The maximum Gasteiger partial charge on any atom is 0.128 e. The molecule has 0 aliphatic rings. The van der Waals surface area contributed by atoms with E-state index < -0.39 is 0 Å². The summed E-state index contributed by atoms with van der Waals surface area (Å²) >= 11 is 0. The predicted molar refractivity (Wildman–Crippen MR) is 105 cm³/mol. The normalized spacial score (nSPS) is 12.0. The molecule has 0 heterocycles. The molecule has 0 amide bonds. The molecule has 0 aliphatic carbocycles. The summed E-state index contributed by atoms with van der Waals surface area (Å²) in [5.41, 5.74) is 3.64. The van der Waals surface area contributed by atoms with Gasteiger partial charge >= 0.3 is 0 Å². The summed E-state index contributed by atoms with van der Waals surface area (Å²) in [7, 11) is 0. The smallest absolute Gasteiger partial charge is 0.128 e. The number of fused-ring (bicyclic) bond motifs is 1. The van der Waals surface area contributed by atoms with Gasteiger partial charge in [0.2, 0.25) is 0 Å². The molecule has 0 spiro atoms. The van der Waals surface area contributed by atoms with E-state index in [9.17, 15) is 0 Å². The van der Waals surface area contributed by atoms with E-state index in [-0.39, 0.29) is 6.10 Å². The zero-order valence-electron chi connectivity index (χ0n) is 14.2. The van der Waals surface area contributed by atoms with Gasteiger partial charge in [0.25, 0.3) is 0 Å². The zero-order valence-corrected chi connectivity index (χ0v) is 14.2. The molecule has 1 heteroatoms. The third kappa shape index (κ3) is 3.14. The number of ether oxygens (including phenoxy) is 1. The number of rotatable bonds is 4. The van der Waals surface area contributed by atoms with Crippen molar-refractivity contribution < 1.29 is 4.74 Å². The second-order valence-electron chi connectivity index (χ2n) is 6.19. The van der Waals surface area contributed by atoms with Gasteiger partial charge in [0, 0.05) is 5.39 Å². The molecular formula is C24H20O. The molecule has 0 saturated carbocycles. The topological polar surface area (TPSA) is 9.23 Å². The van der Waals surface area contributed by atoms with E-state index in [1.54, 1.807) is 0 Å². The number of hydrogen-bond donors (Lipinski definition) is 0. The molecule has 0 N–H and O–H groups in total. The Morgan fingerprint density at radius 2 is 1.20 bits per heavy atom. The van der Waals surface area contributed by atoms with E-state index in [1.165, 1.54) is 22.1 Å². The van der Waals surface area contributed by atoms with Crippen LogP contribution in [0.15, 0.2) is 97.1 Å². The standard InChI is InChI=1S/C24H20O/c1-18(19-10-4-2-5-11-19)25-24-17-16-21(20-12-6-3-7-13-20)22-14-8-9-15-23(22)24/h2-18H,1H3. The van der Waals surface area contributed by atoms with E-state index in [4.69, 9.17) is 4.74 Å². The van der Waals surface area contributed by atoms with Gasteiger partial charge in [-0.3, -0.25) is 0 Å². The molecule has 25 heavy (non-hydrogen) atoms. The Kier molecular flexibility index (Phi) is 4.22. The molecule has 4 aromatic rings. The summed E-state index contributed by atoms with van der Waals surface area (Å²) in [6.45, 7) is 2.09. The third-order valence-corrected chi connectivity index (χ3v) is 4.54. The summed E-state index contributed by atoms with van der Waals surface area (Å²) in [5.74, 6) is 0.923. The van der Waals surface area contributed by atoms with E-state index in [0.717, 1.165) is 11.1 Å². The highest BCUT2D eigenvalue weighted by molar-refractivity contribution is 6.00. The number of benzene rings is 4. The highest BCUT2D eigenvalue weighted by atomic mass is 16.5. The Hall–Kier alpha value is -3.06. The lowest BCUT2D eigenvalue weighted by Crippen LogP contribution is -2.03. The van der Waals surface area contributed by atoms with Crippen molar-refractivity contribution in [1.82, 2.24) is 0 Å². The molecule has 0 fully saturated rings. The van der Waals surface area contributed by atoms with E-state index in [1.807, 2.05) is 24.3 Å². The molecule has 0 bridgehead atoms. The van der Waals surface area contributed by atoms with Crippen LogP contribution >= 0.6 is 0 Å². The van der Waals surface area contributed by atoms with Crippen LogP contribution in [0.3, 0.4) is 0 Å². The van der Waals surface area contributed by atoms with E-state index in [0.29, 0.717) is 0 Å². The molecule has 0 aliphatic heterocycles. The van der Waals surface area contributed by atoms with E-state index >= 15 is 0 Å². The Morgan fingerprint density at radius 3 is 1.92 bits per heavy atom. The molecule has 0 radical (unpaired) electrons. The van der Waals surface area contributed by atoms with Crippen LogP contribution in [-0.2, 0) is 0 Å². The molecule has 1 atom stereocenters. The van der Waals surface area contributed by atoms with Gasteiger partial charge in [0.05, 0.1) is 0 Å². The van der Waals surface area contributed by atoms with Crippen LogP contribution < -0.4 is 4.74 Å². The largest absolute Gasteiger partial charge is 0.485 e. The lowest BCUT2D eigenvalue weighted by Gasteiger charge is -2.18. The number of hydrogen-bond acceptors (Lipinski definition) is 1. The monoisotopic (exact) mass is 324 g/mol. The Balaban J connectivity index is 1.77. The van der Waals surface area contributed by atoms with Crippen molar-refractivity contribution in [2.45, 2.75) is 13.0 Å². The van der Waals surface area contributed by atoms with Crippen LogP contribution in [0.1, 0.15) is 18.6 Å². The fraction of sp³-hybridized carbons (Fsp3) is 0.0833. The summed E-state index contributed by atoms with van der Waals surface area (Å²) in [4.78, 5) is 0. The summed E-state index contributed by atoms with van der Waals surface area (Å²) in [5, 5.41) is 2.36. The molecular weight excluding hydrogens is 304 g/mol. The molecule has 4 rings (SSSR count). The predicted octanol–water partition coefficient (Wildman–Crippen LogP) is 6.65. The highest BCUT2D eigenvalue weighted by Gasteiger charge is 2.12. The molecule has 1 nitrogen and oxygen atoms in total. The van der Waals surface area contributed by atoms with Crippen LogP contribution in [-0.4, -0.2) is 0 Å². The van der Waals surface area contributed by atoms with Gasteiger partial charge in [0.15, 0.2) is 0 Å². The van der Waals surface area contributed by atoms with Crippen LogP contribution in [0.5, 0.6) is 5.75 Å². The van der Waals surface area contributed by atoms with Gasteiger partial charge in [0.1, 0.15) is 11.9 Å². The van der Waals surface area contributed by atoms with Crippen molar-refractivity contribution in [2.75, 3.05) is 0 Å². The molecule has 4 aromatic carbocycles. The average Bonchev–Trinajstić information content (AvgIpc) is 2.69. The minimum atomic E-state index is 0.00665. The Labute approximate surface area is 148 Å². The van der Waals surface area contributed by atoms with Crippen LogP contribution in [0, 0.1) is 0 Å². The molecule has 0 aromatic heterocycles. The SMILES string of the molecule is CC(Oc1ccc(-c2ccccc2)c2ccccc12)c1ccccc1. The summed E-state index contributed by atoms with van der Waals surface area (Å²) < 4.78 is 6.30. The quantitative estimate of drug-likeness (QED) is 0.408. The van der Waals surface area contributed by atoms with Crippen LogP contribution in [0.4, 0.5) is 0 Å². The molecule has 1 unspecified atom stereocenters. The van der Waals surface area contributed by atoms with Gasteiger partial charge < -0.3 is 4.74 Å². The second kappa shape index (κ2) is 6.82. The van der Waals surface area contributed by atoms with Gasteiger partial charge in [-0.1, -0.05) is 91.0 Å². The lowest BCUT2D eigenvalue weighted by atomic mass is 9.97. The summed E-state index contributed by atoms with van der Waals surface area (Å²) in [6, 6.07) is 33.5. The summed E-state index contributed by atoms with van der Waals surface area (Å²) in [6.07, 6.45) is 0.00665. The second-order valence-corrected chi connectivity index (χ2v) is 6.19. The highest BCUT2D eigenvalue weighted by Crippen LogP contribution is 2.36. The zero-order chi connectivity index (χ0) is 17.1. The first-order valence-electron chi connectivity index (χ1n) is 8.62. The minimum absolute atomic E-state index is 0.00665. The lowest BCUT2D eigenvalue weighted by molar-refractivity contribution is 0.230. The fourth-order valence-corrected chi connectivity index (χ4v) is 3.23. The molecule has 0 saturated heterocycles. The molecule has 122 valence electrons. The van der Waals surface area contributed by atoms with Gasteiger partial charge in [-0.15, -0.1) is 0 Å². The van der Waals surface area contributed by atoms with Crippen molar-refractivity contribution in [3.63, 3.8) is 0 Å². The maximum absolute atomic E-state index is 6.30. The van der Waals surface area contributed by atoms with Crippen LogP contribution in [0.25, 0.3) is 21.9 Å². The van der Waals surface area contributed by atoms with Gasteiger partial charge in [-0.25, -0.2) is 0 Å². The van der Waals surface area contributed by atoms with Crippen molar-refractivity contribution in [1.29, 1.82) is 0 Å². The average molecular weight is 324 g/mol. The minimum Gasteiger partial charge on any atom is -0.485 e. The van der Waals surface area contributed by atoms with E-state index in [2.05, 4.69) is 79.7 Å². The van der Waals surface area contributed by atoms with Crippen molar-refractivity contribution >= 4 is 10.8 Å². The van der Waals surface area contributed by atoms with Gasteiger partial charge in [-0.05, 0) is 35.1 Å². The van der Waals surface area contributed by atoms with Crippen LogP contribution in [0.2, 0.25) is 0 Å². The maximum atomic E-state index is 6.30. The van der Waals surface area contributed by atoms with Gasteiger partial charge in [-0.2, -0.15) is 0 Å². The Morgan fingerprint density at radius 1 is 0.600 bits per heavy atom. The van der Waals surface area contributed by atoms with Crippen molar-refractivity contribution in [2.24, 2.45) is 0 Å². The first-order valence-corrected chi connectivity index (χ1v) is 8.62. The first-order chi connectivity index (χ1) is 12.3. The first kappa shape index (κ1) is 15.5. The third-order valence-electron chi connectivity index (χ3n) is 4.54. The van der Waals surface area contributed by atoms with Crippen molar-refractivity contribution in [3.05, 3.63) is 103 Å².